The molecule has 1 N–H and O–H groups in total. The van der Waals surface area contributed by atoms with E-state index in [0.717, 1.165) is 23.3 Å². The molecular formula is C11H16N2O. The Hall–Kier alpha value is -1.25. The number of nitrogens with one attached hydrogen (secondary N) is 1. The van der Waals surface area contributed by atoms with Gasteiger partial charge < -0.3 is 10.2 Å². The molecule has 0 saturated heterocycles. The van der Waals surface area contributed by atoms with Crippen molar-refractivity contribution in [3.63, 3.8) is 0 Å². The SMILES string of the molecule is CC1(C)CC=[N+]([O-])C1Cc1ccc[nH]1. The lowest BCUT2D eigenvalue weighted by Gasteiger charge is -2.24. The molecule has 3 heteroatoms. The molecule has 0 amide bonds. The van der Waals surface area contributed by atoms with Crippen molar-refractivity contribution in [1.29, 1.82) is 0 Å². The smallest absolute Gasteiger partial charge is 0.173 e. The summed E-state index contributed by atoms with van der Waals surface area (Å²) < 4.78 is 1.11. The predicted octanol–water partition coefficient (Wildman–Crippen LogP) is 1.94. The van der Waals surface area contributed by atoms with Gasteiger partial charge in [0.2, 0.25) is 0 Å². The van der Waals surface area contributed by atoms with Gasteiger partial charge in [-0.1, -0.05) is 13.8 Å². The number of aromatic nitrogens is 1. The first-order chi connectivity index (χ1) is 6.59. The third kappa shape index (κ3) is 1.54. The van der Waals surface area contributed by atoms with Crippen molar-refractivity contribution in [3.05, 3.63) is 29.2 Å². The second kappa shape index (κ2) is 3.15. The van der Waals surface area contributed by atoms with Crippen LogP contribution in [0.25, 0.3) is 0 Å². The van der Waals surface area contributed by atoms with Gasteiger partial charge in [0.15, 0.2) is 12.3 Å². The van der Waals surface area contributed by atoms with E-state index in [-0.39, 0.29) is 11.5 Å². The average molecular weight is 192 g/mol. The Bertz CT molecular complexity index is 338. The summed E-state index contributed by atoms with van der Waals surface area (Å²) in [5.74, 6) is 0. The maximum absolute atomic E-state index is 11.6. The molecule has 1 unspecified atom stereocenters. The van der Waals surface area contributed by atoms with Gasteiger partial charge in [-0.25, -0.2) is 4.74 Å². The Kier molecular flexibility index (Phi) is 2.10. The Balaban J connectivity index is 2.14. The van der Waals surface area contributed by atoms with Gasteiger partial charge in [-0.3, -0.25) is 0 Å². The molecule has 1 atom stereocenters. The number of hydroxylamine groups is 1. The highest BCUT2D eigenvalue weighted by atomic mass is 16.5. The van der Waals surface area contributed by atoms with Gasteiger partial charge in [0.05, 0.1) is 6.42 Å². The topological polar surface area (TPSA) is 41.9 Å². The van der Waals surface area contributed by atoms with Crippen molar-refractivity contribution in [2.24, 2.45) is 5.41 Å². The third-order valence-electron chi connectivity index (χ3n) is 3.08. The standard InChI is InChI=1S/C11H16N2O/c1-11(2)5-7-13(14)10(11)8-9-4-3-6-12-9/h3-4,6-7,10,12H,5,8H2,1-2H3. The lowest BCUT2D eigenvalue weighted by Crippen LogP contribution is -2.33. The van der Waals surface area contributed by atoms with E-state index >= 15 is 0 Å². The summed E-state index contributed by atoms with van der Waals surface area (Å²) in [7, 11) is 0. The average Bonchev–Trinajstić information content (AvgIpc) is 2.69. The van der Waals surface area contributed by atoms with E-state index in [1.807, 2.05) is 18.3 Å². The van der Waals surface area contributed by atoms with Gasteiger partial charge in [-0.05, 0) is 12.1 Å². The van der Waals surface area contributed by atoms with Crippen LogP contribution in [0.5, 0.6) is 0 Å². The zero-order valence-corrected chi connectivity index (χ0v) is 8.66. The van der Waals surface area contributed by atoms with Gasteiger partial charge in [-0.2, -0.15) is 0 Å². The number of hydrogen-bond acceptors (Lipinski definition) is 1. The third-order valence-corrected chi connectivity index (χ3v) is 3.08. The highest BCUT2D eigenvalue weighted by Crippen LogP contribution is 2.32. The van der Waals surface area contributed by atoms with Crippen molar-refractivity contribution in [2.45, 2.75) is 32.7 Å². The second-order valence-corrected chi connectivity index (χ2v) is 4.65. The fraction of sp³-hybridized carbons (Fsp3) is 0.545. The first-order valence-electron chi connectivity index (χ1n) is 5.01. The molecular weight excluding hydrogens is 176 g/mol. The first kappa shape index (κ1) is 9.31. The number of H-pyrrole nitrogens is 1. The molecule has 0 aliphatic carbocycles. The van der Waals surface area contributed by atoms with Crippen LogP contribution < -0.4 is 0 Å². The van der Waals surface area contributed by atoms with E-state index in [1.54, 1.807) is 6.21 Å². The molecule has 14 heavy (non-hydrogen) atoms. The number of nitrogens with zero attached hydrogens (tertiary/aromatic N) is 1. The van der Waals surface area contributed by atoms with E-state index < -0.39 is 0 Å². The normalized spacial score (nSPS) is 25.0. The lowest BCUT2D eigenvalue weighted by molar-refractivity contribution is -0.502. The molecule has 2 rings (SSSR count). The molecule has 0 spiro atoms. The van der Waals surface area contributed by atoms with Gasteiger partial charge in [0.1, 0.15) is 0 Å². The molecule has 0 bridgehead atoms. The molecule has 0 saturated carbocycles. The molecule has 2 heterocycles. The maximum atomic E-state index is 11.6. The van der Waals surface area contributed by atoms with Crippen LogP contribution in [0.1, 0.15) is 26.0 Å². The Morgan fingerprint density at radius 1 is 1.64 bits per heavy atom. The van der Waals surface area contributed by atoms with Crippen LogP contribution in [0.4, 0.5) is 0 Å². The van der Waals surface area contributed by atoms with Gasteiger partial charge in [0.25, 0.3) is 0 Å². The first-order valence-corrected chi connectivity index (χ1v) is 5.01. The number of hydrogen-bond donors (Lipinski definition) is 1. The quantitative estimate of drug-likeness (QED) is 0.564. The van der Waals surface area contributed by atoms with E-state index in [2.05, 4.69) is 18.8 Å². The van der Waals surface area contributed by atoms with Crippen LogP contribution >= 0.6 is 0 Å². The summed E-state index contributed by atoms with van der Waals surface area (Å²) in [6.45, 7) is 4.30. The zero-order valence-electron chi connectivity index (χ0n) is 8.66. The lowest BCUT2D eigenvalue weighted by atomic mass is 9.82. The van der Waals surface area contributed by atoms with E-state index in [1.165, 1.54) is 0 Å². The molecule has 0 radical (unpaired) electrons. The largest absolute Gasteiger partial charge is 0.624 e. The minimum absolute atomic E-state index is 0.0705. The molecule has 0 aromatic carbocycles. The summed E-state index contributed by atoms with van der Waals surface area (Å²) in [5, 5.41) is 11.6. The van der Waals surface area contributed by atoms with E-state index in [0.29, 0.717) is 0 Å². The molecule has 1 aliphatic rings. The summed E-state index contributed by atoms with van der Waals surface area (Å²) in [5.41, 5.74) is 1.23. The molecule has 3 nitrogen and oxygen atoms in total. The van der Waals surface area contributed by atoms with E-state index in [9.17, 15) is 5.21 Å². The molecule has 1 aliphatic heterocycles. The fourth-order valence-electron chi connectivity index (χ4n) is 2.00. The van der Waals surface area contributed by atoms with E-state index in [4.69, 9.17) is 0 Å². The van der Waals surface area contributed by atoms with Crippen molar-refractivity contribution in [2.75, 3.05) is 0 Å². The number of rotatable bonds is 2. The van der Waals surface area contributed by atoms with Gasteiger partial charge in [0, 0.05) is 23.7 Å². The van der Waals surface area contributed by atoms with Crippen LogP contribution in [0, 0.1) is 10.6 Å². The predicted molar refractivity (Wildman–Crippen MR) is 56.4 cm³/mol. The monoisotopic (exact) mass is 192 g/mol. The van der Waals surface area contributed by atoms with Crippen molar-refractivity contribution < 1.29 is 4.74 Å². The highest BCUT2D eigenvalue weighted by molar-refractivity contribution is 5.55. The van der Waals surface area contributed by atoms with Crippen molar-refractivity contribution in [3.8, 4) is 0 Å². The van der Waals surface area contributed by atoms with Gasteiger partial charge >= 0.3 is 0 Å². The van der Waals surface area contributed by atoms with Crippen LogP contribution in [-0.2, 0) is 6.42 Å². The number of aromatic amines is 1. The summed E-state index contributed by atoms with van der Waals surface area (Å²) in [4.78, 5) is 3.14. The van der Waals surface area contributed by atoms with Crippen LogP contribution in [0.2, 0.25) is 0 Å². The summed E-state index contributed by atoms with van der Waals surface area (Å²) in [6, 6.07) is 4.07. The summed E-state index contributed by atoms with van der Waals surface area (Å²) >= 11 is 0. The van der Waals surface area contributed by atoms with Crippen molar-refractivity contribution >= 4 is 6.21 Å². The molecule has 0 fully saturated rings. The minimum Gasteiger partial charge on any atom is -0.624 e. The Labute approximate surface area is 84.0 Å². The highest BCUT2D eigenvalue weighted by Gasteiger charge is 2.40. The van der Waals surface area contributed by atoms with Crippen molar-refractivity contribution in [1.82, 2.24) is 4.98 Å². The van der Waals surface area contributed by atoms with Crippen LogP contribution in [0.3, 0.4) is 0 Å². The summed E-state index contributed by atoms with van der Waals surface area (Å²) in [6.07, 6.45) is 5.34. The Morgan fingerprint density at radius 2 is 2.43 bits per heavy atom. The molecule has 1 aromatic heterocycles. The van der Waals surface area contributed by atoms with Crippen LogP contribution in [0.15, 0.2) is 18.3 Å². The van der Waals surface area contributed by atoms with Gasteiger partial charge in [-0.15, -0.1) is 0 Å². The second-order valence-electron chi connectivity index (χ2n) is 4.65. The minimum atomic E-state index is 0.0705. The molecule has 76 valence electrons. The maximum Gasteiger partial charge on any atom is 0.173 e. The Morgan fingerprint density at radius 3 is 2.93 bits per heavy atom. The zero-order chi connectivity index (χ0) is 10.2. The van der Waals surface area contributed by atoms with Crippen LogP contribution in [-0.4, -0.2) is 22.0 Å². The fourth-order valence-corrected chi connectivity index (χ4v) is 2.00. The molecule has 1 aromatic rings.